The van der Waals surface area contributed by atoms with E-state index in [0.29, 0.717) is 5.92 Å². The van der Waals surface area contributed by atoms with E-state index >= 15 is 0 Å². The van der Waals surface area contributed by atoms with Gasteiger partial charge in [-0.15, -0.1) is 0 Å². The number of likely N-dealkylation sites (N-methyl/N-ethyl adjacent to an activating group) is 2. The van der Waals surface area contributed by atoms with Crippen LogP contribution in [0, 0.1) is 17.8 Å². The number of rotatable bonds is 11. The molecule has 0 spiro atoms. The first kappa shape index (κ1) is 25.9. The van der Waals surface area contributed by atoms with Crippen LogP contribution in [0.3, 0.4) is 0 Å². The summed E-state index contributed by atoms with van der Waals surface area (Å²) in [6.07, 6.45) is 0.868. The maximum atomic E-state index is 13.3. The summed E-state index contributed by atoms with van der Waals surface area (Å²) in [6.45, 7) is 14.2. The first-order chi connectivity index (χ1) is 12.4. The average molecular weight is 386 g/mol. The number of hydrogen-bond donors (Lipinski definition) is 1. The average Bonchev–Trinajstić information content (AvgIpc) is 2.57. The molecule has 0 heterocycles. The predicted octanol–water partition coefficient (Wildman–Crippen LogP) is 2.62. The van der Waals surface area contributed by atoms with Crippen LogP contribution in [0.1, 0.15) is 54.9 Å². The summed E-state index contributed by atoms with van der Waals surface area (Å²) in [4.78, 5) is 29.9. The first-order valence-electron chi connectivity index (χ1n) is 10.2. The van der Waals surface area contributed by atoms with Gasteiger partial charge < -0.3 is 15.0 Å². The molecule has 0 aromatic rings. The lowest BCUT2D eigenvalue weighted by molar-refractivity contribution is -0.143. The van der Waals surface area contributed by atoms with Gasteiger partial charge >= 0.3 is 0 Å². The van der Waals surface area contributed by atoms with Crippen molar-refractivity contribution < 1.29 is 14.3 Å². The van der Waals surface area contributed by atoms with E-state index in [1.807, 2.05) is 60.7 Å². The molecular formula is C21H43N3O3. The van der Waals surface area contributed by atoms with Crippen molar-refractivity contribution >= 4 is 11.8 Å². The van der Waals surface area contributed by atoms with Crippen molar-refractivity contribution in [3.8, 4) is 0 Å². The van der Waals surface area contributed by atoms with Gasteiger partial charge in [-0.25, -0.2) is 0 Å². The number of amides is 2. The highest BCUT2D eigenvalue weighted by Crippen LogP contribution is 2.21. The van der Waals surface area contributed by atoms with Crippen LogP contribution in [0.5, 0.6) is 0 Å². The van der Waals surface area contributed by atoms with Crippen LogP contribution in [0.4, 0.5) is 0 Å². The van der Waals surface area contributed by atoms with E-state index in [1.54, 1.807) is 12.0 Å². The molecular weight excluding hydrogens is 342 g/mol. The summed E-state index contributed by atoms with van der Waals surface area (Å²) in [5.74, 6) is 0.281. The molecule has 0 aliphatic carbocycles. The van der Waals surface area contributed by atoms with E-state index in [9.17, 15) is 9.59 Å². The summed E-state index contributed by atoms with van der Waals surface area (Å²) in [6, 6.07) is -0.868. The standard InChI is InChI=1S/C21H43N3O3/c1-12-15(6)19(16(7)27-11)24(10)21(26)17(13(2)3)22-20(25)18(14(4)5)23(8)9/h13-19H,12H2,1-11H3,(H,22,25)/t15?,16?,17-,18?,19?/m0/s1. The Kier molecular flexibility index (Phi) is 11.2. The third-order valence-electron chi connectivity index (χ3n) is 5.56. The monoisotopic (exact) mass is 385 g/mol. The van der Waals surface area contributed by atoms with Crippen LogP contribution < -0.4 is 5.32 Å². The Morgan fingerprint density at radius 1 is 0.963 bits per heavy atom. The molecule has 0 aliphatic rings. The lowest BCUT2D eigenvalue weighted by Gasteiger charge is -2.39. The highest BCUT2D eigenvalue weighted by Gasteiger charge is 2.36. The molecule has 0 aromatic carbocycles. The van der Waals surface area contributed by atoms with Crippen molar-refractivity contribution in [1.82, 2.24) is 15.1 Å². The van der Waals surface area contributed by atoms with Gasteiger partial charge in [0.1, 0.15) is 6.04 Å². The molecule has 0 saturated heterocycles. The number of carbonyl (C=O) groups excluding carboxylic acids is 2. The molecule has 6 nitrogen and oxygen atoms in total. The number of nitrogens with zero attached hydrogens (tertiary/aromatic N) is 2. The normalized spacial score (nSPS) is 17.6. The molecule has 5 atom stereocenters. The number of methoxy groups -OCH3 is 1. The van der Waals surface area contributed by atoms with Crippen LogP contribution in [0.15, 0.2) is 0 Å². The molecule has 2 amide bonds. The van der Waals surface area contributed by atoms with Crippen LogP contribution >= 0.6 is 0 Å². The van der Waals surface area contributed by atoms with Crippen molar-refractivity contribution in [1.29, 1.82) is 0 Å². The van der Waals surface area contributed by atoms with Crippen molar-refractivity contribution in [2.45, 2.75) is 79.1 Å². The second-order valence-electron chi connectivity index (χ2n) is 8.65. The number of ether oxygens (including phenoxy) is 1. The molecule has 6 heteroatoms. The highest BCUT2D eigenvalue weighted by atomic mass is 16.5. The lowest BCUT2D eigenvalue weighted by atomic mass is 9.92. The molecule has 27 heavy (non-hydrogen) atoms. The van der Waals surface area contributed by atoms with Gasteiger partial charge in [0, 0.05) is 14.2 Å². The van der Waals surface area contributed by atoms with E-state index in [-0.39, 0.29) is 41.8 Å². The molecule has 0 rings (SSSR count). The Bertz CT molecular complexity index is 448. The quantitative estimate of drug-likeness (QED) is 0.594. The van der Waals surface area contributed by atoms with Gasteiger partial charge in [-0.05, 0) is 38.8 Å². The van der Waals surface area contributed by atoms with E-state index in [4.69, 9.17) is 4.74 Å². The summed E-state index contributed by atoms with van der Waals surface area (Å²) < 4.78 is 5.54. The van der Waals surface area contributed by atoms with Gasteiger partial charge in [-0.2, -0.15) is 0 Å². The molecule has 0 bridgehead atoms. The van der Waals surface area contributed by atoms with Gasteiger partial charge in [0.2, 0.25) is 11.8 Å². The fourth-order valence-electron chi connectivity index (χ4n) is 3.79. The fraction of sp³-hybridized carbons (Fsp3) is 0.905. The lowest BCUT2D eigenvalue weighted by Crippen LogP contribution is -2.59. The molecule has 0 aromatic heterocycles. The zero-order valence-corrected chi connectivity index (χ0v) is 19.4. The molecule has 0 aliphatic heterocycles. The Balaban J connectivity index is 5.56. The molecule has 4 unspecified atom stereocenters. The number of hydrogen-bond acceptors (Lipinski definition) is 4. The summed E-state index contributed by atoms with van der Waals surface area (Å²) in [5.41, 5.74) is 0. The second kappa shape index (κ2) is 11.6. The third kappa shape index (κ3) is 7.07. The fourth-order valence-corrected chi connectivity index (χ4v) is 3.79. The van der Waals surface area contributed by atoms with E-state index < -0.39 is 6.04 Å². The van der Waals surface area contributed by atoms with Crippen molar-refractivity contribution in [3.63, 3.8) is 0 Å². The van der Waals surface area contributed by atoms with E-state index in [1.165, 1.54) is 0 Å². The Morgan fingerprint density at radius 2 is 1.48 bits per heavy atom. The van der Waals surface area contributed by atoms with Gasteiger partial charge in [0.05, 0.1) is 18.2 Å². The minimum atomic E-state index is -0.556. The number of carbonyl (C=O) groups is 2. The molecule has 160 valence electrons. The smallest absolute Gasteiger partial charge is 0.245 e. The highest BCUT2D eigenvalue weighted by molar-refractivity contribution is 5.90. The molecule has 0 fully saturated rings. The van der Waals surface area contributed by atoms with E-state index in [0.717, 1.165) is 6.42 Å². The van der Waals surface area contributed by atoms with Gasteiger partial charge in [-0.3, -0.25) is 14.5 Å². The molecule has 1 N–H and O–H groups in total. The summed E-state index contributed by atoms with van der Waals surface area (Å²) >= 11 is 0. The molecule has 0 saturated carbocycles. The minimum absolute atomic E-state index is 0.00527. The minimum Gasteiger partial charge on any atom is -0.380 e. The van der Waals surface area contributed by atoms with Crippen LogP contribution in [0.25, 0.3) is 0 Å². The predicted molar refractivity (Wildman–Crippen MR) is 112 cm³/mol. The topological polar surface area (TPSA) is 61.9 Å². The largest absolute Gasteiger partial charge is 0.380 e. The second-order valence-corrected chi connectivity index (χ2v) is 8.65. The van der Waals surface area contributed by atoms with Crippen molar-refractivity contribution in [3.05, 3.63) is 0 Å². The number of nitrogens with one attached hydrogen (secondary N) is 1. The van der Waals surface area contributed by atoms with Crippen molar-refractivity contribution in [2.24, 2.45) is 17.8 Å². The van der Waals surface area contributed by atoms with Gasteiger partial charge in [0.15, 0.2) is 0 Å². The Hall–Kier alpha value is -1.14. The van der Waals surface area contributed by atoms with Crippen LogP contribution in [-0.2, 0) is 14.3 Å². The Labute approximate surface area is 167 Å². The Morgan fingerprint density at radius 3 is 1.81 bits per heavy atom. The molecule has 0 radical (unpaired) electrons. The maximum Gasteiger partial charge on any atom is 0.245 e. The maximum absolute atomic E-state index is 13.3. The zero-order valence-electron chi connectivity index (χ0n) is 19.4. The van der Waals surface area contributed by atoms with Gasteiger partial charge in [-0.1, -0.05) is 48.0 Å². The van der Waals surface area contributed by atoms with Gasteiger partial charge in [0.25, 0.3) is 0 Å². The third-order valence-corrected chi connectivity index (χ3v) is 5.56. The zero-order chi connectivity index (χ0) is 21.5. The van der Waals surface area contributed by atoms with Crippen molar-refractivity contribution in [2.75, 3.05) is 28.3 Å². The SMILES string of the molecule is CCC(C)C(C(C)OC)N(C)C(=O)[C@@H](NC(=O)C(C(C)C)N(C)C)C(C)C. The van der Waals surface area contributed by atoms with E-state index in [2.05, 4.69) is 19.2 Å². The van der Waals surface area contributed by atoms with Crippen LogP contribution in [-0.4, -0.2) is 74.1 Å². The first-order valence-corrected chi connectivity index (χ1v) is 10.2. The summed E-state index contributed by atoms with van der Waals surface area (Å²) in [7, 11) is 7.27. The summed E-state index contributed by atoms with van der Waals surface area (Å²) in [5, 5.41) is 3.02. The van der Waals surface area contributed by atoms with Crippen LogP contribution in [0.2, 0.25) is 0 Å².